The summed E-state index contributed by atoms with van der Waals surface area (Å²) >= 11 is 1.43. The van der Waals surface area contributed by atoms with Gasteiger partial charge in [-0.1, -0.05) is 23.9 Å². The van der Waals surface area contributed by atoms with Crippen LogP contribution in [0.2, 0.25) is 0 Å². The Labute approximate surface area is 186 Å². The number of fused-ring (bicyclic) bond motifs is 1. The molecule has 1 aromatic carbocycles. The van der Waals surface area contributed by atoms with Gasteiger partial charge in [0.25, 0.3) is 0 Å². The molecule has 2 heterocycles. The lowest BCUT2D eigenvalue weighted by molar-refractivity contribution is -0.0253. The van der Waals surface area contributed by atoms with E-state index in [1.807, 2.05) is 6.92 Å². The number of phenolic OH excluding ortho intramolecular Hbond substituents is 2. The third-order valence-corrected chi connectivity index (χ3v) is 6.12. The van der Waals surface area contributed by atoms with Crippen LogP contribution in [-0.4, -0.2) is 80.8 Å². The fourth-order valence-corrected chi connectivity index (χ4v) is 4.09. The summed E-state index contributed by atoms with van der Waals surface area (Å²) in [6, 6.07) is 3.42. The van der Waals surface area contributed by atoms with Crippen LogP contribution in [0.25, 0.3) is 11.2 Å². The monoisotopic (exact) mass is 461 g/mol. The Morgan fingerprint density at radius 3 is 2.72 bits per heavy atom. The van der Waals surface area contributed by atoms with Crippen LogP contribution in [0.5, 0.6) is 11.5 Å². The van der Waals surface area contributed by atoms with Crippen molar-refractivity contribution in [3.63, 3.8) is 0 Å². The molecule has 4 rings (SSSR count). The van der Waals surface area contributed by atoms with Crippen LogP contribution in [0.4, 0.5) is 5.82 Å². The van der Waals surface area contributed by atoms with Crippen molar-refractivity contribution in [2.24, 2.45) is 5.10 Å². The van der Waals surface area contributed by atoms with E-state index in [4.69, 9.17) is 0 Å². The summed E-state index contributed by atoms with van der Waals surface area (Å²) in [5.41, 5.74) is 3.78. The summed E-state index contributed by atoms with van der Waals surface area (Å²) in [6.45, 7) is 2.03. The maximum Gasteiger partial charge on any atom is 0.191 e. The molecule has 4 atom stereocenters. The molecule has 0 unspecified atom stereocenters. The van der Waals surface area contributed by atoms with Crippen molar-refractivity contribution in [2.75, 3.05) is 11.2 Å². The number of aliphatic hydroxyl groups excluding tert-OH is 3. The third-order valence-electron chi connectivity index (χ3n) is 5.06. The highest BCUT2D eigenvalue weighted by atomic mass is 32.2. The van der Waals surface area contributed by atoms with Gasteiger partial charge in [-0.3, -0.25) is 5.43 Å². The summed E-state index contributed by atoms with van der Waals surface area (Å²) in [4.78, 5) is 8.95. The summed E-state index contributed by atoms with van der Waals surface area (Å²) in [5, 5.41) is 62.2. The maximum atomic E-state index is 10.3. The molecular formula is C19H23N7O5S. The zero-order valence-electron chi connectivity index (χ0n) is 17.1. The first-order chi connectivity index (χ1) is 15.4. The number of thioether (sulfide) groups is 1. The first kappa shape index (κ1) is 22.2. The van der Waals surface area contributed by atoms with Crippen molar-refractivity contribution in [3.05, 3.63) is 23.8 Å². The predicted octanol–water partition coefficient (Wildman–Crippen LogP) is 0.608. The number of hydrazone groups is 1. The molecule has 32 heavy (non-hydrogen) atoms. The average molecular weight is 462 g/mol. The standard InChI is InChI=1S/C19H23N7O5S/c1-2-5-32-19-21-17(24-20-8-9-3-4-10(27)6-12(9)28)14-18(22-19)26(25-23-14)11-7-13(29)16(31)15(11)30/h3-4,6,8,11,13,15-16,27-31H,2,5,7H2,1H3,(H,21,22,24)/b20-8+/t11-,13+,15+,16-/m1/s1. The first-order valence-corrected chi connectivity index (χ1v) is 11.0. The van der Waals surface area contributed by atoms with E-state index in [1.54, 1.807) is 0 Å². The summed E-state index contributed by atoms with van der Waals surface area (Å²) < 4.78 is 1.39. The average Bonchev–Trinajstić information content (AvgIpc) is 3.30. The Hall–Kier alpha value is -3.00. The van der Waals surface area contributed by atoms with Crippen LogP contribution < -0.4 is 5.43 Å². The summed E-state index contributed by atoms with van der Waals surface area (Å²) in [5.74, 6) is 0.841. The minimum absolute atomic E-state index is 0.0661. The molecule has 1 aliphatic carbocycles. The number of aliphatic hydroxyl groups is 3. The van der Waals surface area contributed by atoms with Gasteiger partial charge in [0.05, 0.1) is 18.4 Å². The number of phenols is 2. The number of rotatable bonds is 7. The molecule has 12 nitrogen and oxygen atoms in total. The molecule has 0 aliphatic heterocycles. The second-order valence-corrected chi connectivity index (χ2v) is 8.44. The van der Waals surface area contributed by atoms with Gasteiger partial charge < -0.3 is 25.5 Å². The first-order valence-electron chi connectivity index (χ1n) is 10.00. The van der Waals surface area contributed by atoms with Crippen LogP contribution in [0.15, 0.2) is 28.5 Å². The molecule has 0 bridgehead atoms. The lowest BCUT2D eigenvalue weighted by Crippen LogP contribution is -2.31. The highest BCUT2D eigenvalue weighted by Gasteiger charge is 2.43. The molecule has 1 saturated carbocycles. The number of nitrogens with one attached hydrogen (secondary N) is 1. The van der Waals surface area contributed by atoms with Gasteiger partial charge in [0.2, 0.25) is 0 Å². The van der Waals surface area contributed by atoms with Crippen molar-refractivity contribution >= 4 is 35.0 Å². The molecule has 0 amide bonds. The van der Waals surface area contributed by atoms with E-state index < -0.39 is 24.4 Å². The number of benzene rings is 1. The number of anilines is 1. The molecule has 2 aromatic heterocycles. The Kier molecular flexibility index (Phi) is 6.41. The van der Waals surface area contributed by atoms with Crippen LogP contribution >= 0.6 is 11.8 Å². The van der Waals surface area contributed by atoms with E-state index in [1.165, 1.54) is 40.9 Å². The van der Waals surface area contributed by atoms with Crippen LogP contribution in [0, 0.1) is 0 Å². The predicted molar refractivity (Wildman–Crippen MR) is 117 cm³/mol. The van der Waals surface area contributed by atoms with Gasteiger partial charge in [0.15, 0.2) is 22.1 Å². The minimum Gasteiger partial charge on any atom is -0.508 e. The molecule has 1 aliphatic rings. The van der Waals surface area contributed by atoms with E-state index >= 15 is 0 Å². The van der Waals surface area contributed by atoms with Crippen molar-refractivity contribution < 1.29 is 25.5 Å². The van der Waals surface area contributed by atoms with Crippen molar-refractivity contribution in [1.29, 1.82) is 0 Å². The molecule has 6 N–H and O–H groups in total. The molecule has 13 heteroatoms. The normalized spacial score (nSPS) is 23.4. The number of aromatic hydroxyl groups is 2. The maximum absolute atomic E-state index is 10.3. The number of nitrogens with zero attached hydrogens (tertiary/aromatic N) is 6. The highest BCUT2D eigenvalue weighted by Crippen LogP contribution is 2.33. The van der Waals surface area contributed by atoms with Crippen molar-refractivity contribution in [1.82, 2.24) is 25.0 Å². The van der Waals surface area contributed by atoms with E-state index in [9.17, 15) is 25.5 Å². The lowest BCUT2D eigenvalue weighted by atomic mass is 10.2. The van der Waals surface area contributed by atoms with Gasteiger partial charge >= 0.3 is 0 Å². The Morgan fingerprint density at radius 2 is 2.03 bits per heavy atom. The fraction of sp³-hybridized carbons (Fsp3) is 0.421. The van der Waals surface area contributed by atoms with Gasteiger partial charge in [0.1, 0.15) is 23.7 Å². The van der Waals surface area contributed by atoms with Gasteiger partial charge in [-0.15, -0.1) is 5.10 Å². The highest BCUT2D eigenvalue weighted by molar-refractivity contribution is 7.99. The largest absolute Gasteiger partial charge is 0.508 e. The zero-order chi connectivity index (χ0) is 22.8. The molecule has 1 fully saturated rings. The van der Waals surface area contributed by atoms with Crippen molar-refractivity contribution in [3.8, 4) is 11.5 Å². The lowest BCUT2D eigenvalue weighted by Gasteiger charge is -2.16. The SMILES string of the molecule is CCCSc1nc(N/N=C/c2ccc(O)cc2O)c2nnn([C@@H]3C[C@H](O)[C@@H](O)[C@H]3O)c2n1. The molecule has 170 valence electrons. The molecule has 0 spiro atoms. The van der Waals surface area contributed by atoms with Gasteiger partial charge in [0, 0.05) is 23.8 Å². The quantitative estimate of drug-likeness (QED) is 0.125. The second kappa shape index (κ2) is 9.24. The molecular weight excluding hydrogens is 438 g/mol. The smallest absolute Gasteiger partial charge is 0.191 e. The number of hydrogen-bond acceptors (Lipinski definition) is 12. The summed E-state index contributed by atoms with van der Waals surface area (Å²) in [6.07, 6.45) is -1.21. The van der Waals surface area contributed by atoms with Gasteiger partial charge in [-0.05, 0) is 18.6 Å². The third kappa shape index (κ3) is 4.32. The topological polar surface area (TPSA) is 182 Å². The van der Waals surface area contributed by atoms with Crippen LogP contribution in [0.1, 0.15) is 31.4 Å². The van der Waals surface area contributed by atoms with Crippen molar-refractivity contribution in [2.45, 2.75) is 49.3 Å². The second-order valence-electron chi connectivity index (χ2n) is 7.37. The Morgan fingerprint density at radius 1 is 1.22 bits per heavy atom. The van der Waals surface area contributed by atoms with Crippen LogP contribution in [-0.2, 0) is 0 Å². The Bertz CT molecular complexity index is 1140. The van der Waals surface area contributed by atoms with E-state index in [2.05, 4.69) is 30.8 Å². The summed E-state index contributed by atoms with van der Waals surface area (Å²) in [7, 11) is 0. The van der Waals surface area contributed by atoms with E-state index in [0.717, 1.165) is 12.2 Å². The van der Waals surface area contributed by atoms with Gasteiger partial charge in [-0.2, -0.15) is 5.10 Å². The molecule has 0 saturated heterocycles. The zero-order valence-corrected chi connectivity index (χ0v) is 17.9. The molecule has 3 aromatic rings. The Balaban J connectivity index is 1.68. The van der Waals surface area contributed by atoms with E-state index in [0.29, 0.717) is 21.9 Å². The molecule has 0 radical (unpaired) electrons. The fourth-order valence-electron chi connectivity index (χ4n) is 3.40. The van der Waals surface area contributed by atoms with Crippen LogP contribution in [0.3, 0.4) is 0 Å². The number of aromatic nitrogens is 5. The number of hydrogen-bond donors (Lipinski definition) is 6. The van der Waals surface area contributed by atoms with Gasteiger partial charge in [-0.25, -0.2) is 14.6 Å². The van der Waals surface area contributed by atoms with E-state index in [-0.39, 0.29) is 23.7 Å². The minimum atomic E-state index is -1.28.